The molecule has 0 aliphatic rings. The minimum atomic E-state index is 0.447. The molecule has 0 spiro atoms. The summed E-state index contributed by atoms with van der Waals surface area (Å²) in [6, 6.07) is 4.39. The largest absolute Gasteiger partial charge is 0.353 e. The molecule has 19 heavy (non-hydrogen) atoms. The maximum Gasteiger partial charge on any atom is 0.129 e. The zero-order chi connectivity index (χ0) is 14.3. The number of hydrogen-bond acceptors (Lipinski definition) is 3. The van der Waals surface area contributed by atoms with Gasteiger partial charge >= 0.3 is 0 Å². The summed E-state index contributed by atoms with van der Waals surface area (Å²) in [6.07, 6.45) is 1.93. The maximum atomic E-state index is 4.78. The molecule has 0 aromatic carbocycles. The summed E-state index contributed by atoms with van der Waals surface area (Å²) in [7, 11) is 0. The summed E-state index contributed by atoms with van der Waals surface area (Å²) in [6.45, 7) is 16.1. The van der Waals surface area contributed by atoms with E-state index in [2.05, 4.69) is 56.6 Å². The standard InChI is InChI=1S/C16H27N3/c1-6-9-19(8-3)16-11-14(12-17-7-2)10-15(18-16)13(4)5/h6,10-11,13,17H,1,7-9,12H2,2-5H3. The lowest BCUT2D eigenvalue weighted by Crippen LogP contribution is -2.24. The number of nitrogens with one attached hydrogen (secondary N) is 1. The fourth-order valence-electron chi connectivity index (χ4n) is 1.96. The molecule has 3 nitrogen and oxygen atoms in total. The van der Waals surface area contributed by atoms with Crippen LogP contribution >= 0.6 is 0 Å². The average Bonchev–Trinajstić information content (AvgIpc) is 2.42. The Hall–Kier alpha value is -1.35. The predicted molar refractivity (Wildman–Crippen MR) is 83.8 cm³/mol. The Morgan fingerprint density at radius 2 is 2.11 bits per heavy atom. The molecule has 0 radical (unpaired) electrons. The Kier molecular flexibility index (Phi) is 6.57. The summed E-state index contributed by atoms with van der Waals surface area (Å²) in [5.41, 5.74) is 2.46. The quantitative estimate of drug-likeness (QED) is 0.728. The fourth-order valence-corrected chi connectivity index (χ4v) is 1.96. The summed E-state index contributed by atoms with van der Waals surface area (Å²) < 4.78 is 0. The predicted octanol–water partition coefficient (Wildman–Crippen LogP) is 3.33. The smallest absolute Gasteiger partial charge is 0.129 e. The Morgan fingerprint density at radius 1 is 1.37 bits per heavy atom. The molecule has 0 amide bonds. The number of nitrogens with zero attached hydrogens (tertiary/aromatic N) is 2. The van der Waals surface area contributed by atoms with Crippen molar-refractivity contribution in [2.45, 2.75) is 40.2 Å². The topological polar surface area (TPSA) is 28.2 Å². The lowest BCUT2D eigenvalue weighted by Gasteiger charge is -2.22. The summed E-state index contributed by atoms with van der Waals surface area (Å²) in [4.78, 5) is 7.03. The molecule has 0 aliphatic carbocycles. The average molecular weight is 261 g/mol. The van der Waals surface area contributed by atoms with E-state index in [1.807, 2.05) is 6.08 Å². The van der Waals surface area contributed by atoms with Crippen molar-refractivity contribution in [2.75, 3.05) is 24.5 Å². The third kappa shape index (κ3) is 4.67. The number of pyridine rings is 1. The van der Waals surface area contributed by atoms with Crippen LogP contribution in [0.15, 0.2) is 24.8 Å². The Bertz CT molecular complexity index is 399. The van der Waals surface area contributed by atoms with Gasteiger partial charge in [-0.05, 0) is 37.1 Å². The van der Waals surface area contributed by atoms with E-state index >= 15 is 0 Å². The van der Waals surface area contributed by atoms with Crippen LogP contribution in [0.5, 0.6) is 0 Å². The molecule has 106 valence electrons. The first-order valence-corrected chi connectivity index (χ1v) is 7.19. The minimum absolute atomic E-state index is 0.447. The van der Waals surface area contributed by atoms with E-state index in [9.17, 15) is 0 Å². The molecule has 0 bridgehead atoms. The number of anilines is 1. The van der Waals surface area contributed by atoms with Gasteiger partial charge in [0.1, 0.15) is 5.82 Å². The van der Waals surface area contributed by atoms with Crippen LogP contribution in [0.25, 0.3) is 0 Å². The van der Waals surface area contributed by atoms with Crippen molar-refractivity contribution in [2.24, 2.45) is 0 Å². The molecular formula is C16H27N3. The van der Waals surface area contributed by atoms with E-state index in [4.69, 9.17) is 4.98 Å². The van der Waals surface area contributed by atoms with Gasteiger partial charge in [-0.15, -0.1) is 6.58 Å². The Balaban J connectivity index is 3.06. The van der Waals surface area contributed by atoms with Crippen LogP contribution < -0.4 is 10.2 Å². The van der Waals surface area contributed by atoms with Crippen LogP contribution in [0, 0.1) is 0 Å². The SMILES string of the molecule is C=CCN(CC)c1cc(CNCC)cc(C(C)C)n1. The molecule has 3 heteroatoms. The molecule has 1 aromatic heterocycles. The molecule has 1 rings (SSSR count). The first-order chi connectivity index (χ1) is 9.12. The lowest BCUT2D eigenvalue weighted by atomic mass is 10.1. The van der Waals surface area contributed by atoms with Crippen LogP contribution in [0.2, 0.25) is 0 Å². The van der Waals surface area contributed by atoms with Gasteiger partial charge in [0.05, 0.1) is 0 Å². The van der Waals surface area contributed by atoms with Crippen LogP contribution in [0.1, 0.15) is 44.9 Å². The summed E-state index contributed by atoms with van der Waals surface area (Å²) >= 11 is 0. The normalized spacial score (nSPS) is 10.8. The molecule has 0 unspecified atom stereocenters. The van der Waals surface area contributed by atoms with E-state index < -0.39 is 0 Å². The van der Waals surface area contributed by atoms with E-state index in [-0.39, 0.29) is 0 Å². The van der Waals surface area contributed by atoms with Crippen LogP contribution in [0.4, 0.5) is 5.82 Å². The zero-order valence-electron chi connectivity index (χ0n) is 12.7. The lowest BCUT2D eigenvalue weighted by molar-refractivity contribution is 0.718. The van der Waals surface area contributed by atoms with Crippen molar-refractivity contribution in [1.82, 2.24) is 10.3 Å². The highest BCUT2D eigenvalue weighted by Crippen LogP contribution is 2.20. The minimum Gasteiger partial charge on any atom is -0.353 e. The monoisotopic (exact) mass is 261 g/mol. The van der Waals surface area contributed by atoms with Gasteiger partial charge in [0, 0.05) is 25.3 Å². The number of rotatable bonds is 8. The molecule has 0 fully saturated rings. The maximum absolute atomic E-state index is 4.78. The second-order valence-electron chi connectivity index (χ2n) is 5.02. The van der Waals surface area contributed by atoms with Crippen molar-refractivity contribution in [3.8, 4) is 0 Å². The van der Waals surface area contributed by atoms with Crippen molar-refractivity contribution < 1.29 is 0 Å². The van der Waals surface area contributed by atoms with Gasteiger partial charge in [-0.25, -0.2) is 4.98 Å². The van der Waals surface area contributed by atoms with Gasteiger partial charge in [0.25, 0.3) is 0 Å². The number of likely N-dealkylation sites (N-methyl/N-ethyl adjacent to an activating group) is 1. The Morgan fingerprint density at radius 3 is 2.63 bits per heavy atom. The molecule has 1 aromatic rings. The van der Waals surface area contributed by atoms with E-state index in [0.717, 1.165) is 37.7 Å². The van der Waals surface area contributed by atoms with Gasteiger partial charge in [-0.2, -0.15) is 0 Å². The van der Waals surface area contributed by atoms with Crippen LogP contribution in [0.3, 0.4) is 0 Å². The second-order valence-corrected chi connectivity index (χ2v) is 5.02. The van der Waals surface area contributed by atoms with Crippen molar-refractivity contribution in [3.05, 3.63) is 36.0 Å². The van der Waals surface area contributed by atoms with Crippen LogP contribution in [-0.2, 0) is 6.54 Å². The summed E-state index contributed by atoms with van der Waals surface area (Å²) in [5.74, 6) is 1.50. The molecule has 0 saturated carbocycles. The highest BCUT2D eigenvalue weighted by atomic mass is 15.2. The number of hydrogen-bond donors (Lipinski definition) is 1. The third-order valence-electron chi connectivity index (χ3n) is 3.12. The van der Waals surface area contributed by atoms with Gasteiger partial charge in [0.2, 0.25) is 0 Å². The highest BCUT2D eigenvalue weighted by molar-refractivity contribution is 5.43. The van der Waals surface area contributed by atoms with Crippen molar-refractivity contribution in [1.29, 1.82) is 0 Å². The van der Waals surface area contributed by atoms with E-state index in [1.54, 1.807) is 0 Å². The van der Waals surface area contributed by atoms with Gasteiger partial charge in [-0.3, -0.25) is 0 Å². The van der Waals surface area contributed by atoms with Gasteiger partial charge in [-0.1, -0.05) is 26.8 Å². The van der Waals surface area contributed by atoms with Gasteiger partial charge < -0.3 is 10.2 Å². The molecule has 0 atom stereocenters. The third-order valence-corrected chi connectivity index (χ3v) is 3.12. The van der Waals surface area contributed by atoms with Crippen LogP contribution in [-0.4, -0.2) is 24.6 Å². The fraction of sp³-hybridized carbons (Fsp3) is 0.562. The molecular weight excluding hydrogens is 234 g/mol. The zero-order valence-corrected chi connectivity index (χ0v) is 12.7. The summed E-state index contributed by atoms with van der Waals surface area (Å²) in [5, 5.41) is 3.38. The first-order valence-electron chi connectivity index (χ1n) is 7.19. The molecule has 0 aliphatic heterocycles. The highest BCUT2D eigenvalue weighted by Gasteiger charge is 2.10. The van der Waals surface area contributed by atoms with Crippen molar-refractivity contribution in [3.63, 3.8) is 0 Å². The van der Waals surface area contributed by atoms with E-state index in [0.29, 0.717) is 5.92 Å². The van der Waals surface area contributed by atoms with E-state index in [1.165, 1.54) is 5.56 Å². The van der Waals surface area contributed by atoms with Gasteiger partial charge in [0.15, 0.2) is 0 Å². The second kappa shape index (κ2) is 7.95. The first kappa shape index (κ1) is 15.7. The number of aromatic nitrogens is 1. The Labute approximate surface area is 117 Å². The molecule has 0 saturated heterocycles. The van der Waals surface area contributed by atoms with Crippen molar-refractivity contribution >= 4 is 5.82 Å². The molecule has 1 N–H and O–H groups in total. The molecule has 1 heterocycles.